The van der Waals surface area contributed by atoms with Gasteiger partial charge in [-0.2, -0.15) is 8.78 Å². The van der Waals surface area contributed by atoms with E-state index in [-0.39, 0.29) is 25.0 Å². The molecule has 0 saturated carbocycles. The van der Waals surface area contributed by atoms with Crippen LogP contribution in [0.4, 0.5) is 8.78 Å². The van der Waals surface area contributed by atoms with Gasteiger partial charge in [0.1, 0.15) is 5.75 Å². The SMILES string of the molecule is CCCCNC(N)=NCc1cc2c(cc1OC(F)F)OCO2. The lowest BCUT2D eigenvalue weighted by atomic mass is 10.1. The third kappa shape index (κ3) is 4.37. The molecule has 1 aromatic rings. The zero-order chi connectivity index (χ0) is 15.9. The highest BCUT2D eigenvalue weighted by molar-refractivity contribution is 5.77. The first kappa shape index (κ1) is 16.1. The smallest absolute Gasteiger partial charge is 0.387 e. The highest BCUT2D eigenvalue weighted by Crippen LogP contribution is 2.38. The summed E-state index contributed by atoms with van der Waals surface area (Å²) in [6.45, 7) is 0.00635. The summed E-state index contributed by atoms with van der Waals surface area (Å²) in [5.41, 5.74) is 6.17. The van der Waals surface area contributed by atoms with E-state index in [1.807, 2.05) is 0 Å². The Morgan fingerprint density at radius 3 is 2.82 bits per heavy atom. The van der Waals surface area contributed by atoms with E-state index >= 15 is 0 Å². The number of nitrogens with two attached hydrogens (primary N) is 1. The maximum absolute atomic E-state index is 12.5. The predicted molar refractivity (Wildman–Crippen MR) is 77.4 cm³/mol. The molecule has 8 heteroatoms. The van der Waals surface area contributed by atoms with Crippen LogP contribution in [0.25, 0.3) is 0 Å². The molecule has 0 amide bonds. The average Bonchev–Trinajstić information content (AvgIpc) is 2.91. The van der Waals surface area contributed by atoms with Crippen molar-refractivity contribution in [3.8, 4) is 17.2 Å². The van der Waals surface area contributed by atoms with Gasteiger partial charge in [-0.1, -0.05) is 13.3 Å². The second-order valence-electron chi connectivity index (χ2n) is 4.67. The molecule has 0 unspecified atom stereocenters. The lowest BCUT2D eigenvalue weighted by molar-refractivity contribution is -0.0504. The molecule has 0 fully saturated rings. The van der Waals surface area contributed by atoms with Crippen LogP contribution in [0, 0.1) is 0 Å². The first-order valence-corrected chi connectivity index (χ1v) is 7.01. The molecule has 1 aliphatic heterocycles. The molecule has 122 valence electrons. The van der Waals surface area contributed by atoms with Gasteiger partial charge in [0.25, 0.3) is 0 Å². The topological polar surface area (TPSA) is 78.1 Å². The number of hydrogen-bond donors (Lipinski definition) is 2. The van der Waals surface area contributed by atoms with Gasteiger partial charge in [0.05, 0.1) is 6.54 Å². The summed E-state index contributed by atoms with van der Waals surface area (Å²) in [4.78, 5) is 4.12. The van der Waals surface area contributed by atoms with Crippen molar-refractivity contribution in [1.29, 1.82) is 0 Å². The fourth-order valence-electron chi connectivity index (χ4n) is 1.91. The molecule has 0 aliphatic carbocycles. The van der Waals surface area contributed by atoms with Gasteiger partial charge in [-0.15, -0.1) is 0 Å². The Labute approximate surface area is 127 Å². The van der Waals surface area contributed by atoms with Gasteiger partial charge in [-0.05, 0) is 12.5 Å². The number of alkyl halides is 2. The van der Waals surface area contributed by atoms with Crippen molar-refractivity contribution in [2.45, 2.75) is 32.9 Å². The summed E-state index contributed by atoms with van der Waals surface area (Å²) >= 11 is 0. The van der Waals surface area contributed by atoms with Gasteiger partial charge in [0.2, 0.25) is 6.79 Å². The Kier molecular flexibility index (Phi) is 5.62. The number of guanidine groups is 1. The fraction of sp³-hybridized carbons (Fsp3) is 0.500. The zero-order valence-electron chi connectivity index (χ0n) is 12.3. The maximum Gasteiger partial charge on any atom is 0.387 e. The molecule has 22 heavy (non-hydrogen) atoms. The monoisotopic (exact) mass is 315 g/mol. The molecule has 0 bridgehead atoms. The normalized spacial score (nSPS) is 13.5. The van der Waals surface area contributed by atoms with E-state index in [0.717, 1.165) is 12.8 Å². The molecule has 0 spiro atoms. The molecule has 1 heterocycles. The van der Waals surface area contributed by atoms with E-state index in [4.69, 9.17) is 15.2 Å². The summed E-state index contributed by atoms with van der Waals surface area (Å²) in [7, 11) is 0. The van der Waals surface area contributed by atoms with Gasteiger partial charge < -0.3 is 25.3 Å². The van der Waals surface area contributed by atoms with E-state index < -0.39 is 6.61 Å². The van der Waals surface area contributed by atoms with Crippen LogP contribution in [0.5, 0.6) is 17.2 Å². The highest BCUT2D eigenvalue weighted by atomic mass is 19.3. The molecule has 6 nitrogen and oxygen atoms in total. The number of nitrogens with zero attached hydrogens (tertiary/aromatic N) is 1. The van der Waals surface area contributed by atoms with E-state index in [0.29, 0.717) is 23.6 Å². The zero-order valence-corrected chi connectivity index (χ0v) is 12.3. The van der Waals surface area contributed by atoms with Crippen molar-refractivity contribution in [3.05, 3.63) is 17.7 Å². The van der Waals surface area contributed by atoms with Crippen molar-refractivity contribution < 1.29 is 23.0 Å². The van der Waals surface area contributed by atoms with E-state index in [9.17, 15) is 8.78 Å². The first-order valence-electron chi connectivity index (χ1n) is 7.01. The number of rotatable bonds is 7. The minimum atomic E-state index is -2.93. The first-order chi connectivity index (χ1) is 10.6. The third-order valence-corrected chi connectivity index (χ3v) is 3.03. The summed E-state index contributed by atoms with van der Waals surface area (Å²) in [5, 5.41) is 2.95. The van der Waals surface area contributed by atoms with Gasteiger partial charge >= 0.3 is 6.61 Å². The number of ether oxygens (including phenoxy) is 3. The molecule has 0 aromatic heterocycles. The van der Waals surface area contributed by atoms with Crippen LogP contribution in [-0.2, 0) is 6.54 Å². The van der Waals surface area contributed by atoms with E-state index in [1.54, 1.807) is 6.07 Å². The standard InChI is InChI=1S/C14H19F2N3O3/c1-2-3-4-18-14(17)19-7-9-5-11-12(21-8-20-11)6-10(9)22-13(15)16/h5-6,13H,2-4,7-8H2,1H3,(H3,17,18,19). The molecule has 3 N–H and O–H groups in total. The van der Waals surface area contributed by atoms with Gasteiger partial charge in [-0.3, -0.25) is 0 Å². The van der Waals surface area contributed by atoms with Gasteiger partial charge in [0.15, 0.2) is 17.5 Å². The third-order valence-electron chi connectivity index (χ3n) is 3.03. The Morgan fingerprint density at radius 1 is 1.41 bits per heavy atom. The molecule has 0 radical (unpaired) electrons. The number of nitrogens with one attached hydrogen (secondary N) is 1. The maximum atomic E-state index is 12.5. The fourth-order valence-corrected chi connectivity index (χ4v) is 1.91. The number of aliphatic imine (C=N–C) groups is 1. The molecule has 0 atom stereocenters. The second-order valence-corrected chi connectivity index (χ2v) is 4.67. The molecular weight excluding hydrogens is 296 g/mol. The summed E-state index contributed by atoms with van der Waals surface area (Å²) in [6.07, 6.45) is 2.01. The van der Waals surface area contributed by atoms with Crippen molar-refractivity contribution >= 4 is 5.96 Å². The molecular formula is C14H19F2N3O3. The Balaban J connectivity index is 2.09. The van der Waals surface area contributed by atoms with E-state index in [1.165, 1.54) is 6.07 Å². The molecule has 1 aliphatic rings. The van der Waals surface area contributed by atoms with Crippen molar-refractivity contribution in [1.82, 2.24) is 5.32 Å². The number of hydrogen-bond acceptors (Lipinski definition) is 4. The van der Waals surface area contributed by atoms with Crippen LogP contribution in [-0.4, -0.2) is 25.9 Å². The number of fused-ring (bicyclic) bond motifs is 1. The second kappa shape index (κ2) is 7.67. The van der Waals surface area contributed by atoms with Crippen LogP contribution >= 0.6 is 0 Å². The summed E-state index contributed by atoms with van der Waals surface area (Å²) in [6, 6.07) is 2.95. The van der Waals surface area contributed by atoms with Crippen LogP contribution in [0.15, 0.2) is 17.1 Å². The molecule has 0 saturated heterocycles. The molecule has 2 rings (SSSR count). The predicted octanol–water partition coefficient (Wildman–Crippen LogP) is 2.22. The van der Waals surface area contributed by atoms with Crippen molar-refractivity contribution in [3.63, 3.8) is 0 Å². The van der Waals surface area contributed by atoms with Crippen LogP contribution < -0.4 is 25.3 Å². The van der Waals surface area contributed by atoms with Crippen LogP contribution in [0.2, 0.25) is 0 Å². The van der Waals surface area contributed by atoms with E-state index in [2.05, 4.69) is 22.0 Å². The largest absolute Gasteiger partial charge is 0.454 e. The van der Waals surface area contributed by atoms with Gasteiger partial charge in [-0.25, -0.2) is 4.99 Å². The minimum Gasteiger partial charge on any atom is -0.454 e. The summed E-state index contributed by atoms with van der Waals surface area (Å²) < 4.78 is 39.9. The quantitative estimate of drug-likeness (QED) is 0.458. The summed E-state index contributed by atoms with van der Waals surface area (Å²) in [5.74, 6) is 1.11. The van der Waals surface area contributed by atoms with Gasteiger partial charge in [0, 0.05) is 18.2 Å². The van der Waals surface area contributed by atoms with Crippen molar-refractivity contribution in [2.24, 2.45) is 10.7 Å². The lowest BCUT2D eigenvalue weighted by Crippen LogP contribution is -2.32. The average molecular weight is 315 g/mol. The Morgan fingerprint density at radius 2 is 2.14 bits per heavy atom. The Hall–Kier alpha value is -2.25. The van der Waals surface area contributed by atoms with Crippen molar-refractivity contribution in [2.75, 3.05) is 13.3 Å². The number of unbranched alkanes of at least 4 members (excludes halogenated alkanes) is 1. The minimum absolute atomic E-state index is 0.00404. The lowest BCUT2D eigenvalue weighted by Gasteiger charge is -2.11. The highest BCUT2D eigenvalue weighted by Gasteiger charge is 2.19. The molecule has 1 aromatic carbocycles. The van der Waals surface area contributed by atoms with Crippen LogP contribution in [0.1, 0.15) is 25.3 Å². The Bertz CT molecular complexity index is 538. The number of benzene rings is 1. The van der Waals surface area contributed by atoms with Crippen LogP contribution in [0.3, 0.4) is 0 Å². The number of halogens is 2.